The summed E-state index contributed by atoms with van der Waals surface area (Å²) < 4.78 is 0. The van der Waals surface area contributed by atoms with Crippen LogP contribution in [0.5, 0.6) is 0 Å². The Morgan fingerprint density at radius 3 is 2.58 bits per heavy atom. The number of carboxylic acids is 1. The van der Waals surface area contributed by atoms with Crippen molar-refractivity contribution in [3.63, 3.8) is 0 Å². The molecule has 1 amide bonds. The number of carboxylic acid groups (broad SMARTS) is 1. The minimum Gasteiger partial charge on any atom is -0.481 e. The fourth-order valence-electron chi connectivity index (χ4n) is 1.67. The van der Waals surface area contributed by atoms with Crippen LogP contribution < -0.4 is 5.32 Å². The smallest absolute Gasteiger partial charge is 0.307 e. The SMILES string of the molecule is O=C(CC(Cc1ccccc1Cl)C(=O)O)NCCO. The van der Waals surface area contributed by atoms with Gasteiger partial charge in [0.15, 0.2) is 0 Å². The normalized spacial score (nSPS) is 11.9. The van der Waals surface area contributed by atoms with Crippen LogP contribution in [0.15, 0.2) is 24.3 Å². The van der Waals surface area contributed by atoms with Gasteiger partial charge >= 0.3 is 5.97 Å². The van der Waals surface area contributed by atoms with Crippen molar-refractivity contribution in [2.24, 2.45) is 5.92 Å². The maximum atomic E-state index is 11.5. The minimum atomic E-state index is -1.04. The largest absolute Gasteiger partial charge is 0.481 e. The quantitative estimate of drug-likeness (QED) is 0.700. The molecule has 0 heterocycles. The van der Waals surface area contributed by atoms with E-state index in [2.05, 4.69) is 5.32 Å². The van der Waals surface area contributed by atoms with Crippen LogP contribution in [-0.4, -0.2) is 35.2 Å². The zero-order valence-electron chi connectivity index (χ0n) is 10.3. The number of amides is 1. The third-order valence-electron chi connectivity index (χ3n) is 2.64. The number of aliphatic carboxylic acids is 1. The van der Waals surface area contributed by atoms with Gasteiger partial charge in [-0.05, 0) is 18.1 Å². The first-order valence-electron chi connectivity index (χ1n) is 5.88. The van der Waals surface area contributed by atoms with Gasteiger partial charge in [-0.2, -0.15) is 0 Å². The first-order valence-corrected chi connectivity index (χ1v) is 6.26. The van der Waals surface area contributed by atoms with Crippen LogP contribution >= 0.6 is 11.6 Å². The van der Waals surface area contributed by atoms with E-state index in [1.165, 1.54) is 0 Å². The van der Waals surface area contributed by atoms with Gasteiger partial charge in [0.25, 0.3) is 0 Å². The zero-order chi connectivity index (χ0) is 14.3. The number of aliphatic hydroxyl groups excluding tert-OH is 1. The van der Waals surface area contributed by atoms with E-state index < -0.39 is 17.8 Å². The second kappa shape index (κ2) is 7.76. The fraction of sp³-hybridized carbons (Fsp3) is 0.385. The summed E-state index contributed by atoms with van der Waals surface area (Å²) in [5.41, 5.74) is 0.700. The van der Waals surface area contributed by atoms with Crippen LogP contribution in [0.1, 0.15) is 12.0 Å². The number of rotatable bonds is 7. The van der Waals surface area contributed by atoms with Crippen molar-refractivity contribution in [1.29, 1.82) is 0 Å². The fourth-order valence-corrected chi connectivity index (χ4v) is 1.88. The maximum Gasteiger partial charge on any atom is 0.307 e. The number of aliphatic hydroxyl groups is 1. The second-order valence-electron chi connectivity index (χ2n) is 4.11. The summed E-state index contributed by atoms with van der Waals surface area (Å²) in [5, 5.41) is 20.6. The second-order valence-corrected chi connectivity index (χ2v) is 4.52. The van der Waals surface area contributed by atoms with Gasteiger partial charge in [-0.25, -0.2) is 0 Å². The molecule has 0 saturated heterocycles. The summed E-state index contributed by atoms with van der Waals surface area (Å²) in [6, 6.07) is 6.95. The number of carbonyl (C=O) groups excluding carboxylic acids is 1. The number of hydrogen-bond donors (Lipinski definition) is 3. The third-order valence-corrected chi connectivity index (χ3v) is 3.01. The maximum absolute atomic E-state index is 11.5. The van der Waals surface area contributed by atoms with E-state index in [0.29, 0.717) is 10.6 Å². The molecule has 0 saturated carbocycles. The number of halogens is 1. The van der Waals surface area contributed by atoms with Crippen molar-refractivity contribution in [3.05, 3.63) is 34.9 Å². The lowest BCUT2D eigenvalue weighted by Gasteiger charge is -2.13. The predicted octanol–water partition coefficient (Wildman–Crippen LogP) is 1.08. The molecule has 0 spiro atoms. The highest BCUT2D eigenvalue weighted by molar-refractivity contribution is 6.31. The minimum absolute atomic E-state index is 0.122. The van der Waals surface area contributed by atoms with Gasteiger partial charge in [0.1, 0.15) is 0 Å². The predicted molar refractivity (Wildman–Crippen MR) is 71.0 cm³/mol. The summed E-state index contributed by atoms with van der Waals surface area (Å²) in [6.07, 6.45) is 0.0576. The topological polar surface area (TPSA) is 86.6 Å². The molecule has 0 radical (unpaired) electrons. The first kappa shape index (κ1) is 15.5. The highest BCUT2D eigenvalue weighted by atomic mass is 35.5. The van der Waals surface area contributed by atoms with Gasteiger partial charge in [-0.15, -0.1) is 0 Å². The molecule has 0 aliphatic carbocycles. The molecule has 0 aliphatic rings. The lowest BCUT2D eigenvalue weighted by molar-refractivity contribution is -0.144. The molecule has 3 N–H and O–H groups in total. The van der Waals surface area contributed by atoms with Gasteiger partial charge in [-0.1, -0.05) is 29.8 Å². The van der Waals surface area contributed by atoms with E-state index in [0.717, 1.165) is 0 Å². The molecular weight excluding hydrogens is 270 g/mol. The van der Waals surface area contributed by atoms with Crippen molar-refractivity contribution < 1.29 is 19.8 Å². The van der Waals surface area contributed by atoms with Crippen molar-refractivity contribution in [2.45, 2.75) is 12.8 Å². The molecule has 1 aromatic carbocycles. The monoisotopic (exact) mass is 285 g/mol. The zero-order valence-corrected chi connectivity index (χ0v) is 11.1. The van der Waals surface area contributed by atoms with Gasteiger partial charge in [0.2, 0.25) is 5.91 Å². The van der Waals surface area contributed by atoms with E-state index >= 15 is 0 Å². The van der Waals surface area contributed by atoms with E-state index in [9.17, 15) is 9.59 Å². The van der Waals surface area contributed by atoms with E-state index in [4.69, 9.17) is 21.8 Å². The average Bonchev–Trinajstić information content (AvgIpc) is 2.38. The summed E-state index contributed by atoms with van der Waals surface area (Å²) in [6.45, 7) is -0.0503. The molecule has 0 bridgehead atoms. The van der Waals surface area contributed by atoms with Gasteiger partial charge in [0, 0.05) is 18.0 Å². The van der Waals surface area contributed by atoms with Crippen molar-refractivity contribution in [1.82, 2.24) is 5.32 Å². The molecule has 19 heavy (non-hydrogen) atoms. The number of hydrogen-bond acceptors (Lipinski definition) is 3. The Bertz CT molecular complexity index is 450. The van der Waals surface area contributed by atoms with Gasteiger partial charge in [-0.3, -0.25) is 9.59 Å². The van der Waals surface area contributed by atoms with Gasteiger partial charge in [0.05, 0.1) is 12.5 Å². The summed E-state index contributed by atoms with van der Waals surface area (Å²) in [5.74, 6) is -2.27. The summed E-state index contributed by atoms with van der Waals surface area (Å²) in [4.78, 5) is 22.6. The van der Waals surface area contributed by atoms with Crippen LogP contribution in [0.2, 0.25) is 5.02 Å². The molecule has 0 aromatic heterocycles. The molecule has 1 atom stereocenters. The molecule has 1 aromatic rings. The lowest BCUT2D eigenvalue weighted by atomic mass is 9.96. The van der Waals surface area contributed by atoms with Crippen molar-refractivity contribution >= 4 is 23.5 Å². The van der Waals surface area contributed by atoms with Crippen LogP contribution in [0, 0.1) is 5.92 Å². The summed E-state index contributed by atoms with van der Waals surface area (Å²) >= 11 is 5.97. The number of carbonyl (C=O) groups is 2. The van der Waals surface area contributed by atoms with Crippen LogP contribution in [0.3, 0.4) is 0 Å². The Hall–Kier alpha value is -1.59. The van der Waals surface area contributed by atoms with E-state index in [1.807, 2.05) is 0 Å². The molecule has 0 aliphatic heterocycles. The standard InChI is InChI=1S/C13H16ClNO4/c14-11-4-2-1-3-9(11)7-10(13(18)19)8-12(17)15-5-6-16/h1-4,10,16H,5-8H2,(H,15,17)(H,18,19). The average molecular weight is 286 g/mol. The molecule has 1 rings (SSSR count). The van der Waals surface area contributed by atoms with Gasteiger partial charge < -0.3 is 15.5 Å². The van der Waals surface area contributed by atoms with E-state index in [-0.39, 0.29) is 26.0 Å². The number of benzene rings is 1. The number of nitrogens with one attached hydrogen (secondary N) is 1. The Morgan fingerprint density at radius 1 is 1.32 bits per heavy atom. The van der Waals surface area contributed by atoms with E-state index in [1.54, 1.807) is 24.3 Å². The Balaban J connectivity index is 2.66. The van der Waals surface area contributed by atoms with Crippen LogP contribution in [0.4, 0.5) is 0 Å². The Kier molecular flexibility index (Phi) is 6.32. The summed E-state index contributed by atoms with van der Waals surface area (Å²) in [7, 11) is 0. The highest BCUT2D eigenvalue weighted by Gasteiger charge is 2.22. The molecule has 0 fully saturated rings. The molecular formula is C13H16ClNO4. The highest BCUT2D eigenvalue weighted by Crippen LogP contribution is 2.20. The molecule has 104 valence electrons. The Morgan fingerprint density at radius 2 is 2.00 bits per heavy atom. The third kappa shape index (κ3) is 5.28. The molecule has 6 heteroatoms. The van der Waals surface area contributed by atoms with Crippen molar-refractivity contribution in [2.75, 3.05) is 13.2 Å². The van der Waals surface area contributed by atoms with Crippen LogP contribution in [0.25, 0.3) is 0 Å². The van der Waals surface area contributed by atoms with Crippen LogP contribution in [-0.2, 0) is 16.0 Å². The van der Waals surface area contributed by atoms with Crippen molar-refractivity contribution in [3.8, 4) is 0 Å². The molecule has 1 unspecified atom stereocenters. The molecule has 5 nitrogen and oxygen atoms in total. The lowest BCUT2D eigenvalue weighted by Crippen LogP contribution is -2.31. The first-order chi connectivity index (χ1) is 9.04. The Labute approximate surface area is 116 Å².